The molecular weight excluding hydrogens is 827 g/mol. The molecule has 4 aromatic heterocycles. The van der Waals surface area contributed by atoms with Crippen molar-refractivity contribution >= 4 is 45.9 Å². The third-order valence-electron chi connectivity index (χ3n) is 14.5. The average molecular weight is 877 g/mol. The van der Waals surface area contributed by atoms with E-state index in [1.54, 1.807) is 24.1 Å². The number of amides is 3. The normalized spacial score (nSPS) is 27.2. The van der Waals surface area contributed by atoms with Gasteiger partial charge in [-0.2, -0.15) is 10.2 Å². The first-order chi connectivity index (χ1) is 31.1. The number of imide groups is 1. The summed E-state index contributed by atoms with van der Waals surface area (Å²) < 4.78 is 40.6. The summed E-state index contributed by atoms with van der Waals surface area (Å²) in [6.45, 7) is 4.84. The Labute approximate surface area is 366 Å². The van der Waals surface area contributed by atoms with Crippen LogP contribution in [0.5, 0.6) is 0 Å². The van der Waals surface area contributed by atoms with Gasteiger partial charge in [0.2, 0.25) is 11.8 Å². The number of aryl methyl sites for hydroxylation is 1. The fourth-order valence-electron chi connectivity index (χ4n) is 11.3. The molecule has 3 amide bonds. The first-order valence-corrected chi connectivity index (χ1v) is 22.5. The Morgan fingerprint density at radius 1 is 1.00 bits per heavy atom. The van der Waals surface area contributed by atoms with Crippen LogP contribution in [0.2, 0.25) is 0 Å². The molecule has 64 heavy (non-hydrogen) atoms. The topological polar surface area (TPSA) is 169 Å². The van der Waals surface area contributed by atoms with Gasteiger partial charge < -0.3 is 15.0 Å². The van der Waals surface area contributed by atoms with E-state index >= 15 is 0 Å². The van der Waals surface area contributed by atoms with Crippen LogP contribution in [0, 0.1) is 17.8 Å². The maximum absolute atomic E-state index is 14.4. The Morgan fingerprint density at radius 2 is 1.80 bits per heavy atom. The number of benzene rings is 1. The second-order valence-corrected chi connectivity index (χ2v) is 18.4. The molecule has 4 bridgehead atoms. The quantitative estimate of drug-likeness (QED) is 0.164. The fourth-order valence-corrected chi connectivity index (χ4v) is 11.3. The number of ether oxygens (including phenoxy) is 1. The van der Waals surface area contributed by atoms with E-state index in [1.165, 1.54) is 19.8 Å². The molecule has 3 unspecified atom stereocenters. The van der Waals surface area contributed by atoms with E-state index < -0.39 is 30.0 Å². The molecule has 9 heterocycles. The molecule has 1 aromatic carbocycles. The molecular formula is C45H50F2N12O5. The van der Waals surface area contributed by atoms with Crippen molar-refractivity contribution in [3.05, 3.63) is 70.2 Å². The number of rotatable bonds is 9. The molecule has 1 aliphatic carbocycles. The lowest BCUT2D eigenvalue weighted by molar-refractivity contribution is -0.135. The van der Waals surface area contributed by atoms with Gasteiger partial charge >= 0.3 is 5.69 Å². The maximum Gasteiger partial charge on any atom is 0.329 e. The van der Waals surface area contributed by atoms with Gasteiger partial charge in [0.05, 0.1) is 59.8 Å². The number of likely N-dealkylation sites (tertiary alicyclic amines) is 1. The summed E-state index contributed by atoms with van der Waals surface area (Å²) >= 11 is 0. The van der Waals surface area contributed by atoms with Gasteiger partial charge in [0.1, 0.15) is 17.4 Å². The number of hydrogen-bond acceptors (Lipinski definition) is 11. The smallest absolute Gasteiger partial charge is 0.329 e. The zero-order valence-corrected chi connectivity index (χ0v) is 35.5. The molecule has 5 aromatic rings. The van der Waals surface area contributed by atoms with Crippen LogP contribution in [-0.4, -0.2) is 125 Å². The Morgan fingerprint density at radius 3 is 2.53 bits per heavy atom. The minimum atomic E-state index is -2.86. The fraction of sp³-hybridized carbons (Fsp3) is 0.533. The standard InChI is InChI=1S/C45H50F2N12O5/c1-53-40-27(4-2-6-35(40)59(45(53)63)36-13-14-38(60)51-44(36)62)5-3-16-54-21-29-11-12-30(22-54)55(29)20-26-7-9-28(10-8-26)58-24-34(39(52-58)41(46)47)49-43(61)33-19-48-57-17-15-37(50-42(33)57)56-23-32-18-31(56)25-64-32/h2,4,6,15,17,19,24,26,28-32,36,41H,7-14,16,18,20-23,25H2,1H3,(H,49,61)(H,51,60,62)/t26-,28-,29?,30?,31-,32-,36?/m1/s1. The molecule has 17 nitrogen and oxygen atoms in total. The van der Waals surface area contributed by atoms with Crippen molar-refractivity contribution in [3.63, 3.8) is 0 Å². The summed E-state index contributed by atoms with van der Waals surface area (Å²) in [6.07, 6.45) is 9.26. The lowest BCUT2D eigenvalue weighted by Gasteiger charge is -2.43. The highest BCUT2D eigenvalue weighted by Crippen LogP contribution is 2.39. The average Bonchev–Trinajstić information content (AvgIpc) is 4.16. The SMILES string of the molecule is Cn1c(=O)n(C2CCC(=O)NC2=O)c2cccc(C#CCN3CC4CCC(C3)N4C[C@H]3CC[C@H](n4cc(NC(=O)c5cnn6ccc(N7C[C@H]8C[C@@H]7CO8)nc56)c(C(F)F)n4)CC3)c21. The van der Waals surface area contributed by atoms with E-state index in [4.69, 9.17) is 9.72 Å². The molecule has 5 aliphatic heterocycles. The first kappa shape index (κ1) is 40.8. The Hall–Kier alpha value is -5.97. The van der Waals surface area contributed by atoms with Crippen LogP contribution in [-0.2, 0) is 21.4 Å². The number of nitrogens with one attached hydrogen (secondary N) is 2. The molecule has 6 aliphatic rings. The van der Waals surface area contributed by atoms with Crippen LogP contribution in [0.3, 0.4) is 0 Å². The molecule has 1 saturated carbocycles. The van der Waals surface area contributed by atoms with Gasteiger partial charge in [-0.25, -0.2) is 23.1 Å². The molecule has 19 heteroatoms. The summed E-state index contributed by atoms with van der Waals surface area (Å²) in [5.74, 6) is 6.56. The number of piperidine rings is 1. The van der Waals surface area contributed by atoms with Gasteiger partial charge in [0.15, 0.2) is 11.3 Å². The number of morpholine rings is 1. The minimum absolute atomic E-state index is 0.00250. The molecule has 0 spiro atoms. The van der Waals surface area contributed by atoms with Gasteiger partial charge in [-0.15, -0.1) is 0 Å². The number of para-hydroxylation sites is 1. The second-order valence-electron chi connectivity index (χ2n) is 18.4. The Bertz CT molecular complexity index is 2780. The Balaban J connectivity index is 0.701. The van der Waals surface area contributed by atoms with Crippen LogP contribution < -0.4 is 21.2 Å². The van der Waals surface area contributed by atoms with Crippen LogP contribution in [0.25, 0.3) is 16.7 Å². The number of halogens is 2. The number of piperazine rings is 1. The molecule has 2 N–H and O–H groups in total. The summed E-state index contributed by atoms with van der Waals surface area (Å²) in [5.41, 5.74) is 1.80. The molecule has 5 saturated heterocycles. The van der Waals surface area contributed by atoms with Gasteiger partial charge in [0.25, 0.3) is 12.3 Å². The molecule has 5 atom stereocenters. The number of carbonyl (C=O) groups is 3. The van der Waals surface area contributed by atoms with Crippen LogP contribution >= 0.6 is 0 Å². The molecule has 0 radical (unpaired) electrons. The zero-order chi connectivity index (χ0) is 43.8. The molecule has 334 valence electrons. The van der Waals surface area contributed by atoms with Crippen LogP contribution in [0.1, 0.15) is 97.9 Å². The van der Waals surface area contributed by atoms with Crippen molar-refractivity contribution in [2.24, 2.45) is 13.0 Å². The monoisotopic (exact) mass is 876 g/mol. The number of aromatic nitrogens is 7. The predicted octanol–water partition coefficient (Wildman–Crippen LogP) is 3.66. The van der Waals surface area contributed by atoms with E-state index in [9.17, 15) is 28.0 Å². The number of fused-ring (bicyclic) bond motifs is 6. The highest BCUT2D eigenvalue weighted by Gasteiger charge is 2.42. The largest absolute Gasteiger partial charge is 0.374 e. The van der Waals surface area contributed by atoms with Crippen molar-refractivity contribution < 1.29 is 27.9 Å². The van der Waals surface area contributed by atoms with Crippen molar-refractivity contribution in [2.75, 3.05) is 49.5 Å². The number of imidazole rings is 1. The van der Waals surface area contributed by atoms with Crippen LogP contribution in [0.15, 0.2) is 47.7 Å². The third-order valence-corrected chi connectivity index (χ3v) is 14.5. The van der Waals surface area contributed by atoms with E-state index in [0.29, 0.717) is 47.8 Å². The van der Waals surface area contributed by atoms with Crippen LogP contribution in [0.4, 0.5) is 20.3 Å². The van der Waals surface area contributed by atoms with Gasteiger partial charge in [-0.3, -0.25) is 43.3 Å². The van der Waals surface area contributed by atoms with Gasteiger partial charge in [-0.1, -0.05) is 17.9 Å². The summed E-state index contributed by atoms with van der Waals surface area (Å²) in [5, 5.41) is 13.7. The third kappa shape index (κ3) is 7.25. The number of nitrogens with zero attached hydrogens (tertiary/aromatic N) is 10. The van der Waals surface area contributed by atoms with E-state index in [0.717, 1.165) is 82.5 Å². The van der Waals surface area contributed by atoms with Crippen molar-refractivity contribution in [1.82, 2.24) is 48.6 Å². The van der Waals surface area contributed by atoms with E-state index in [-0.39, 0.29) is 53.9 Å². The predicted molar refractivity (Wildman–Crippen MR) is 230 cm³/mol. The van der Waals surface area contributed by atoms with E-state index in [1.807, 2.05) is 24.3 Å². The zero-order valence-electron chi connectivity index (χ0n) is 35.5. The summed E-state index contributed by atoms with van der Waals surface area (Å²) in [7, 11) is 1.69. The number of hydrogen-bond donors (Lipinski definition) is 2. The van der Waals surface area contributed by atoms with Crippen molar-refractivity contribution in [3.8, 4) is 11.8 Å². The number of anilines is 2. The highest BCUT2D eigenvalue weighted by molar-refractivity contribution is 6.08. The van der Waals surface area contributed by atoms with Crippen molar-refractivity contribution in [2.45, 2.75) is 101 Å². The van der Waals surface area contributed by atoms with Gasteiger partial charge in [-0.05, 0) is 75.5 Å². The maximum atomic E-state index is 14.4. The highest BCUT2D eigenvalue weighted by atomic mass is 19.3. The summed E-state index contributed by atoms with van der Waals surface area (Å²) in [4.78, 5) is 63.4. The molecule has 11 rings (SSSR count). The molecule has 6 fully saturated rings. The second kappa shape index (κ2) is 16.2. The minimum Gasteiger partial charge on any atom is -0.374 e. The Kier molecular flexibility index (Phi) is 10.3. The number of carbonyl (C=O) groups excluding carboxylic acids is 3. The van der Waals surface area contributed by atoms with Gasteiger partial charge in [0, 0.05) is 64.1 Å². The lowest BCUT2D eigenvalue weighted by Crippen LogP contribution is -2.54. The van der Waals surface area contributed by atoms with Crippen molar-refractivity contribution in [1.29, 1.82) is 0 Å². The lowest BCUT2D eigenvalue weighted by atomic mass is 9.85. The number of alkyl halides is 2. The summed E-state index contributed by atoms with van der Waals surface area (Å²) in [6, 6.07) is 7.76. The van der Waals surface area contributed by atoms with E-state index in [2.05, 4.69) is 47.4 Å². The first-order valence-electron chi connectivity index (χ1n) is 22.5.